The molecule has 3 aromatic rings. The van der Waals surface area contributed by atoms with Crippen LogP contribution in [0.3, 0.4) is 0 Å². The summed E-state index contributed by atoms with van der Waals surface area (Å²) in [5, 5.41) is 8.31. The molecule has 1 aliphatic rings. The first-order valence-corrected chi connectivity index (χ1v) is 10.7. The lowest BCUT2D eigenvalue weighted by molar-refractivity contribution is -0.133. The highest BCUT2D eigenvalue weighted by Gasteiger charge is 2.22. The molecule has 0 unspecified atom stereocenters. The van der Waals surface area contributed by atoms with Crippen LogP contribution in [-0.2, 0) is 17.8 Å². The molecule has 0 atom stereocenters. The number of benzene rings is 1. The summed E-state index contributed by atoms with van der Waals surface area (Å²) < 4.78 is 18.4. The molecule has 6 nitrogen and oxygen atoms in total. The van der Waals surface area contributed by atoms with Crippen molar-refractivity contribution in [3.8, 4) is 11.4 Å². The van der Waals surface area contributed by atoms with E-state index in [1.54, 1.807) is 17.4 Å². The second kappa shape index (κ2) is 9.02. The number of hydrogen-bond donors (Lipinski definition) is 0. The molecule has 1 saturated heterocycles. The molecule has 0 spiro atoms. The highest BCUT2D eigenvalue weighted by atomic mass is 35.5. The third-order valence-electron chi connectivity index (χ3n) is 4.93. The summed E-state index contributed by atoms with van der Waals surface area (Å²) in [4.78, 5) is 21.0. The summed E-state index contributed by atoms with van der Waals surface area (Å²) in [5.41, 5.74) is 1.82. The van der Waals surface area contributed by atoms with E-state index < -0.39 is 0 Å². The Balaban J connectivity index is 1.24. The Labute approximate surface area is 176 Å². The van der Waals surface area contributed by atoms with Gasteiger partial charge in [0.25, 0.3) is 0 Å². The third-order valence-corrected chi connectivity index (χ3v) is 5.97. The number of thiophene rings is 1. The van der Waals surface area contributed by atoms with E-state index in [1.807, 2.05) is 21.7 Å². The maximum atomic E-state index is 13.2. The number of aryl methyl sites for hydroxylation is 1. The van der Waals surface area contributed by atoms with Crippen molar-refractivity contribution in [2.75, 3.05) is 26.2 Å². The van der Waals surface area contributed by atoms with E-state index in [2.05, 4.69) is 15.0 Å². The molecule has 3 heterocycles. The summed E-state index contributed by atoms with van der Waals surface area (Å²) in [7, 11) is 0. The van der Waals surface area contributed by atoms with Gasteiger partial charge < -0.3 is 9.42 Å². The zero-order valence-electron chi connectivity index (χ0n) is 15.7. The summed E-state index contributed by atoms with van der Waals surface area (Å²) in [6, 6.07) is 6.40. The van der Waals surface area contributed by atoms with Crippen LogP contribution in [0.1, 0.15) is 17.9 Å². The van der Waals surface area contributed by atoms with E-state index in [0.717, 1.165) is 24.2 Å². The molecule has 0 saturated carbocycles. The van der Waals surface area contributed by atoms with E-state index in [9.17, 15) is 9.18 Å². The minimum absolute atomic E-state index is 0.0831. The Morgan fingerprint density at radius 2 is 2.07 bits per heavy atom. The fourth-order valence-electron chi connectivity index (χ4n) is 3.28. The normalized spacial score (nSPS) is 15.0. The average Bonchev–Trinajstić information content (AvgIpc) is 3.40. The molecular weight excluding hydrogens is 415 g/mol. The Bertz CT molecular complexity index is 971. The Kier molecular flexibility index (Phi) is 6.22. The number of carbonyl (C=O) groups excluding carboxylic acids is 1. The van der Waals surface area contributed by atoms with E-state index in [0.29, 0.717) is 49.2 Å². The highest BCUT2D eigenvalue weighted by Crippen LogP contribution is 2.21. The quantitative estimate of drug-likeness (QED) is 0.589. The van der Waals surface area contributed by atoms with Crippen LogP contribution in [0.4, 0.5) is 4.39 Å². The van der Waals surface area contributed by atoms with Gasteiger partial charge in [-0.15, -0.1) is 0 Å². The molecule has 1 aliphatic heterocycles. The van der Waals surface area contributed by atoms with Crippen molar-refractivity contribution >= 4 is 28.8 Å². The maximum absolute atomic E-state index is 13.2. The standard InChI is InChI=1S/C20H20ClFN4O2S/c21-17-11-16(22)2-1-14(17)12-25-6-8-26(9-7-25)19(27)4-3-18-23-20(24-28-18)15-5-10-29-13-15/h1-2,5,10-11,13H,3-4,6-9,12H2. The first-order chi connectivity index (χ1) is 14.1. The molecule has 1 aromatic carbocycles. The number of nitrogens with zero attached hydrogens (tertiary/aromatic N) is 4. The van der Waals surface area contributed by atoms with Crippen LogP contribution in [-0.4, -0.2) is 52.0 Å². The lowest BCUT2D eigenvalue weighted by atomic mass is 10.2. The van der Waals surface area contributed by atoms with Crippen LogP contribution in [0.15, 0.2) is 39.5 Å². The second-order valence-corrected chi connectivity index (χ2v) is 8.10. The zero-order valence-corrected chi connectivity index (χ0v) is 17.3. The van der Waals surface area contributed by atoms with Gasteiger partial charge in [0, 0.05) is 61.5 Å². The molecule has 2 aromatic heterocycles. The van der Waals surface area contributed by atoms with Crippen molar-refractivity contribution < 1.29 is 13.7 Å². The van der Waals surface area contributed by atoms with Gasteiger partial charge in [0.15, 0.2) is 0 Å². The highest BCUT2D eigenvalue weighted by molar-refractivity contribution is 7.08. The number of rotatable bonds is 6. The van der Waals surface area contributed by atoms with Gasteiger partial charge in [-0.25, -0.2) is 4.39 Å². The summed E-state index contributed by atoms with van der Waals surface area (Å²) in [6.07, 6.45) is 0.774. The van der Waals surface area contributed by atoms with Crippen molar-refractivity contribution in [1.82, 2.24) is 19.9 Å². The van der Waals surface area contributed by atoms with Gasteiger partial charge in [0.05, 0.1) is 0 Å². The minimum atomic E-state index is -0.335. The fourth-order valence-corrected chi connectivity index (χ4v) is 4.14. The van der Waals surface area contributed by atoms with Crippen molar-refractivity contribution in [2.24, 2.45) is 0 Å². The SMILES string of the molecule is O=C(CCc1nc(-c2ccsc2)no1)N1CCN(Cc2ccc(F)cc2Cl)CC1. The predicted molar refractivity (Wildman–Crippen MR) is 109 cm³/mol. The van der Waals surface area contributed by atoms with Crippen LogP contribution < -0.4 is 0 Å². The first kappa shape index (κ1) is 20.0. The Morgan fingerprint density at radius 1 is 1.24 bits per heavy atom. The number of amides is 1. The molecule has 29 heavy (non-hydrogen) atoms. The molecule has 1 amide bonds. The lowest BCUT2D eigenvalue weighted by Gasteiger charge is -2.35. The number of aromatic nitrogens is 2. The van der Waals surface area contributed by atoms with Crippen molar-refractivity contribution in [3.05, 3.63) is 57.3 Å². The molecule has 0 bridgehead atoms. The Hall–Kier alpha value is -2.29. The monoisotopic (exact) mass is 434 g/mol. The topological polar surface area (TPSA) is 62.5 Å². The van der Waals surface area contributed by atoms with Crippen LogP contribution in [0.5, 0.6) is 0 Å². The molecule has 4 rings (SSSR count). The fraction of sp³-hybridized carbons (Fsp3) is 0.350. The smallest absolute Gasteiger partial charge is 0.227 e. The van der Waals surface area contributed by atoms with Gasteiger partial charge in [-0.1, -0.05) is 22.8 Å². The number of piperazine rings is 1. The van der Waals surface area contributed by atoms with E-state index in [4.69, 9.17) is 16.1 Å². The van der Waals surface area contributed by atoms with E-state index >= 15 is 0 Å². The Morgan fingerprint density at radius 3 is 2.79 bits per heavy atom. The number of halogens is 2. The average molecular weight is 435 g/mol. The van der Waals surface area contributed by atoms with Crippen LogP contribution in [0.25, 0.3) is 11.4 Å². The molecule has 152 valence electrons. The van der Waals surface area contributed by atoms with Gasteiger partial charge >= 0.3 is 0 Å². The minimum Gasteiger partial charge on any atom is -0.340 e. The molecule has 9 heteroatoms. The maximum Gasteiger partial charge on any atom is 0.227 e. The number of carbonyl (C=O) groups is 1. The summed E-state index contributed by atoms with van der Waals surface area (Å²) in [6.45, 7) is 3.46. The number of hydrogen-bond acceptors (Lipinski definition) is 6. The lowest BCUT2D eigenvalue weighted by Crippen LogP contribution is -2.48. The molecule has 0 aliphatic carbocycles. The summed E-state index contributed by atoms with van der Waals surface area (Å²) in [5.74, 6) is 0.781. The van der Waals surface area contributed by atoms with Gasteiger partial charge in [-0.2, -0.15) is 16.3 Å². The second-order valence-electron chi connectivity index (χ2n) is 6.92. The zero-order chi connectivity index (χ0) is 20.2. The van der Waals surface area contributed by atoms with Crippen LogP contribution in [0.2, 0.25) is 5.02 Å². The largest absolute Gasteiger partial charge is 0.340 e. The predicted octanol–water partition coefficient (Wildman–Crippen LogP) is 3.87. The van der Waals surface area contributed by atoms with Crippen molar-refractivity contribution in [3.63, 3.8) is 0 Å². The molecule has 0 N–H and O–H groups in total. The van der Waals surface area contributed by atoms with Gasteiger partial charge in [0.1, 0.15) is 5.82 Å². The first-order valence-electron chi connectivity index (χ1n) is 9.38. The van der Waals surface area contributed by atoms with Gasteiger partial charge in [0.2, 0.25) is 17.6 Å². The van der Waals surface area contributed by atoms with Gasteiger partial charge in [-0.05, 0) is 29.1 Å². The molecule has 0 radical (unpaired) electrons. The van der Waals surface area contributed by atoms with Gasteiger partial charge in [-0.3, -0.25) is 9.69 Å². The molecular formula is C20H20ClFN4O2S. The third kappa shape index (κ3) is 5.01. The van der Waals surface area contributed by atoms with Crippen LogP contribution in [0, 0.1) is 5.82 Å². The van der Waals surface area contributed by atoms with E-state index in [1.165, 1.54) is 12.1 Å². The summed E-state index contributed by atoms with van der Waals surface area (Å²) >= 11 is 7.68. The van der Waals surface area contributed by atoms with Crippen molar-refractivity contribution in [1.29, 1.82) is 0 Å². The van der Waals surface area contributed by atoms with Crippen molar-refractivity contribution in [2.45, 2.75) is 19.4 Å². The van der Waals surface area contributed by atoms with E-state index in [-0.39, 0.29) is 11.7 Å². The van der Waals surface area contributed by atoms with Crippen LogP contribution >= 0.6 is 22.9 Å². The molecule has 1 fully saturated rings.